The van der Waals surface area contributed by atoms with Crippen LogP contribution in [0.25, 0.3) is 0 Å². The van der Waals surface area contributed by atoms with Crippen LogP contribution in [-0.2, 0) is 26.2 Å². The Labute approximate surface area is 236 Å². The first-order valence-electron chi connectivity index (χ1n) is 12.7. The molecule has 0 heterocycles. The second-order valence-corrected chi connectivity index (χ2v) is 13.0. The van der Waals surface area contributed by atoms with Gasteiger partial charge in [-0.1, -0.05) is 48.0 Å². The number of hydrogen-bond donors (Lipinski definition) is 1. The van der Waals surface area contributed by atoms with Crippen molar-refractivity contribution in [3.63, 3.8) is 0 Å². The van der Waals surface area contributed by atoms with E-state index < -0.39 is 34.1 Å². The number of anilines is 1. The van der Waals surface area contributed by atoms with Gasteiger partial charge in [-0.05, 0) is 94.6 Å². The van der Waals surface area contributed by atoms with Gasteiger partial charge in [0.25, 0.3) is 10.0 Å². The van der Waals surface area contributed by atoms with Gasteiger partial charge in [-0.25, -0.2) is 8.42 Å². The van der Waals surface area contributed by atoms with Crippen molar-refractivity contribution in [2.75, 3.05) is 10.8 Å². The van der Waals surface area contributed by atoms with Crippen LogP contribution in [0.5, 0.6) is 0 Å². The van der Waals surface area contributed by atoms with Crippen molar-refractivity contribution in [2.24, 2.45) is 0 Å². The van der Waals surface area contributed by atoms with Crippen LogP contribution in [0.1, 0.15) is 44.4 Å². The Hall–Kier alpha value is -3.36. The molecule has 0 aliphatic heterocycles. The van der Waals surface area contributed by atoms with Crippen LogP contribution in [0, 0.1) is 13.8 Å². The number of carbonyl (C=O) groups excluding carboxylic acids is 2. The summed E-state index contributed by atoms with van der Waals surface area (Å²) >= 11 is 6.05. The predicted octanol–water partition coefficient (Wildman–Crippen LogP) is 5.48. The molecule has 0 bridgehead atoms. The molecule has 39 heavy (non-hydrogen) atoms. The first-order chi connectivity index (χ1) is 18.2. The number of hydrogen-bond acceptors (Lipinski definition) is 4. The first-order valence-corrected chi connectivity index (χ1v) is 14.5. The minimum atomic E-state index is -4.10. The maximum Gasteiger partial charge on any atom is 0.264 e. The minimum Gasteiger partial charge on any atom is -0.350 e. The van der Waals surface area contributed by atoms with Gasteiger partial charge in [0.05, 0.1) is 10.6 Å². The van der Waals surface area contributed by atoms with E-state index in [0.717, 1.165) is 21.0 Å². The van der Waals surface area contributed by atoms with Gasteiger partial charge in [0.2, 0.25) is 11.8 Å². The Balaban J connectivity index is 2.04. The maximum absolute atomic E-state index is 14.0. The highest BCUT2D eigenvalue weighted by Gasteiger charge is 2.33. The Kier molecular flexibility index (Phi) is 9.46. The molecule has 0 aliphatic rings. The number of nitrogens with one attached hydrogen (secondary N) is 1. The van der Waals surface area contributed by atoms with Crippen LogP contribution in [0.3, 0.4) is 0 Å². The SMILES string of the molecule is Cc1ccc(N(CC(=O)N(Cc2ccc(Cl)cc2)C(C)C(=O)NC(C)(C)C)S(=O)(=O)c2ccccc2)cc1C. The standard InChI is InChI=1S/C30H36ClN3O4S/c1-21-12-17-26(18-22(21)2)34(39(37,38)27-10-8-7-9-11-27)20-28(35)33(19-24-13-15-25(31)16-14-24)23(3)29(36)32-30(4,5)6/h7-18,23H,19-20H2,1-6H3,(H,32,36). The molecular weight excluding hydrogens is 534 g/mol. The minimum absolute atomic E-state index is 0.0683. The Bertz CT molecular complexity index is 1420. The van der Waals surface area contributed by atoms with E-state index >= 15 is 0 Å². The second kappa shape index (κ2) is 12.2. The van der Waals surface area contributed by atoms with Gasteiger partial charge in [0.15, 0.2) is 0 Å². The molecule has 0 spiro atoms. The zero-order valence-electron chi connectivity index (χ0n) is 23.2. The van der Waals surface area contributed by atoms with Gasteiger partial charge in [-0.15, -0.1) is 0 Å². The molecule has 0 saturated carbocycles. The molecule has 7 nitrogen and oxygen atoms in total. The van der Waals surface area contributed by atoms with Crippen molar-refractivity contribution in [1.29, 1.82) is 0 Å². The molecule has 0 aromatic heterocycles. The van der Waals surface area contributed by atoms with Gasteiger partial charge in [0, 0.05) is 17.1 Å². The average molecular weight is 570 g/mol. The van der Waals surface area contributed by atoms with Crippen LogP contribution in [-0.4, -0.2) is 43.3 Å². The van der Waals surface area contributed by atoms with E-state index in [2.05, 4.69) is 5.32 Å². The third kappa shape index (κ3) is 7.83. The molecule has 0 saturated heterocycles. The lowest BCUT2D eigenvalue weighted by Gasteiger charge is -2.33. The predicted molar refractivity (Wildman–Crippen MR) is 156 cm³/mol. The highest BCUT2D eigenvalue weighted by atomic mass is 35.5. The van der Waals surface area contributed by atoms with E-state index in [1.807, 2.05) is 40.7 Å². The number of carbonyl (C=O) groups is 2. The Morgan fingerprint density at radius 1 is 0.923 bits per heavy atom. The van der Waals surface area contributed by atoms with E-state index in [1.54, 1.807) is 61.5 Å². The molecular formula is C30H36ClN3O4S. The summed E-state index contributed by atoms with van der Waals surface area (Å²) in [6, 6.07) is 19.4. The van der Waals surface area contributed by atoms with E-state index in [4.69, 9.17) is 11.6 Å². The smallest absolute Gasteiger partial charge is 0.264 e. The van der Waals surface area contributed by atoms with E-state index in [0.29, 0.717) is 10.7 Å². The fraction of sp³-hybridized carbons (Fsp3) is 0.333. The Morgan fingerprint density at radius 2 is 1.54 bits per heavy atom. The Morgan fingerprint density at radius 3 is 2.10 bits per heavy atom. The molecule has 0 radical (unpaired) electrons. The molecule has 3 rings (SSSR count). The molecule has 9 heteroatoms. The van der Waals surface area contributed by atoms with Crippen molar-refractivity contribution in [2.45, 2.75) is 64.6 Å². The van der Waals surface area contributed by atoms with Crippen LogP contribution in [0.15, 0.2) is 77.7 Å². The van der Waals surface area contributed by atoms with E-state index in [1.165, 1.54) is 17.0 Å². The molecule has 3 aromatic carbocycles. The lowest BCUT2D eigenvalue weighted by molar-refractivity contribution is -0.140. The van der Waals surface area contributed by atoms with Crippen molar-refractivity contribution in [3.8, 4) is 0 Å². The zero-order chi connectivity index (χ0) is 29.0. The van der Waals surface area contributed by atoms with Gasteiger partial charge >= 0.3 is 0 Å². The number of benzene rings is 3. The van der Waals surface area contributed by atoms with Gasteiger partial charge in [-0.2, -0.15) is 0 Å². The molecule has 0 fully saturated rings. The molecule has 2 amide bonds. The van der Waals surface area contributed by atoms with Crippen LogP contribution in [0.4, 0.5) is 5.69 Å². The first kappa shape index (κ1) is 30.2. The third-order valence-electron chi connectivity index (χ3n) is 6.32. The zero-order valence-corrected chi connectivity index (χ0v) is 24.8. The van der Waals surface area contributed by atoms with Crippen molar-refractivity contribution in [3.05, 3.63) is 94.5 Å². The highest BCUT2D eigenvalue weighted by Crippen LogP contribution is 2.26. The summed E-state index contributed by atoms with van der Waals surface area (Å²) in [6.07, 6.45) is 0. The van der Waals surface area contributed by atoms with Crippen LogP contribution >= 0.6 is 11.6 Å². The number of nitrogens with zero attached hydrogens (tertiary/aromatic N) is 2. The molecule has 1 atom stereocenters. The quantitative estimate of drug-likeness (QED) is 0.369. The van der Waals surface area contributed by atoms with Crippen LogP contribution < -0.4 is 9.62 Å². The summed E-state index contributed by atoms with van der Waals surface area (Å²) in [5.74, 6) is -0.854. The lowest BCUT2D eigenvalue weighted by Crippen LogP contribution is -2.54. The summed E-state index contributed by atoms with van der Waals surface area (Å²) in [6.45, 7) is 10.6. The van der Waals surface area contributed by atoms with E-state index in [9.17, 15) is 18.0 Å². The third-order valence-corrected chi connectivity index (χ3v) is 8.36. The second-order valence-electron chi connectivity index (χ2n) is 10.7. The monoisotopic (exact) mass is 569 g/mol. The summed E-state index contributed by atoms with van der Waals surface area (Å²) in [5, 5.41) is 3.46. The fourth-order valence-electron chi connectivity index (χ4n) is 3.97. The summed E-state index contributed by atoms with van der Waals surface area (Å²) < 4.78 is 28.8. The number of halogens is 1. The van der Waals surface area contributed by atoms with E-state index in [-0.39, 0.29) is 17.3 Å². The number of amides is 2. The largest absolute Gasteiger partial charge is 0.350 e. The van der Waals surface area contributed by atoms with Crippen LogP contribution in [0.2, 0.25) is 5.02 Å². The summed E-state index contributed by atoms with van der Waals surface area (Å²) in [5.41, 5.74) is 2.51. The lowest BCUT2D eigenvalue weighted by atomic mass is 10.1. The highest BCUT2D eigenvalue weighted by molar-refractivity contribution is 7.92. The van der Waals surface area contributed by atoms with Crippen molar-refractivity contribution < 1.29 is 18.0 Å². The molecule has 3 aromatic rings. The van der Waals surface area contributed by atoms with Crippen molar-refractivity contribution in [1.82, 2.24) is 10.2 Å². The normalized spacial score (nSPS) is 12.5. The molecule has 1 unspecified atom stereocenters. The van der Waals surface area contributed by atoms with Crippen molar-refractivity contribution >= 4 is 39.1 Å². The van der Waals surface area contributed by atoms with Gasteiger partial charge < -0.3 is 10.2 Å². The summed E-state index contributed by atoms with van der Waals surface area (Å²) in [7, 11) is -4.10. The molecule has 1 N–H and O–H groups in total. The topological polar surface area (TPSA) is 86.8 Å². The fourth-order valence-corrected chi connectivity index (χ4v) is 5.53. The number of aryl methyl sites for hydroxylation is 2. The number of rotatable bonds is 9. The molecule has 208 valence electrons. The molecule has 0 aliphatic carbocycles. The average Bonchev–Trinajstić information content (AvgIpc) is 2.87. The van der Waals surface area contributed by atoms with Gasteiger partial charge in [-0.3, -0.25) is 13.9 Å². The van der Waals surface area contributed by atoms with Gasteiger partial charge in [0.1, 0.15) is 12.6 Å². The maximum atomic E-state index is 14.0. The number of sulfonamides is 1. The summed E-state index contributed by atoms with van der Waals surface area (Å²) in [4.78, 5) is 28.6.